The molecular weight excluding hydrogens is 314 g/mol. The van der Waals surface area contributed by atoms with Crippen LogP contribution in [0.15, 0.2) is 22.7 Å². The van der Waals surface area contributed by atoms with Gasteiger partial charge in [-0.1, -0.05) is 29.3 Å². The fraction of sp³-hybridized carbons (Fsp3) is 0.588. The van der Waals surface area contributed by atoms with Crippen LogP contribution in [0.1, 0.15) is 54.9 Å². The van der Waals surface area contributed by atoms with Crippen LogP contribution in [0, 0.1) is 12.8 Å². The first-order chi connectivity index (χ1) is 9.51. The number of hydrogen-bond donors (Lipinski definition) is 0. The van der Waals surface area contributed by atoms with E-state index in [1.54, 1.807) is 0 Å². The first kappa shape index (κ1) is 15.6. The van der Waals surface area contributed by atoms with Gasteiger partial charge in [0.05, 0.1) is 0 Å². The number of carbonyl (C=O) groups is 1. The van der Waals surface area contributed by atoms with Crippen LogP contribution in [0.2, 0.25) is 0 Å². The van der Waals surface area contributed by atoms with E-state index in [0.29, 0.717) is 6.04 Å². The Bertz CT molecular complexity index is 458. The molecule has 0 atom stereocenters. The predicted octanol–water partition coefficient (Wildman–Crippen LogP) is 4.80. The fourth-order valence-electron chi connectivity index (χ4n) is 3.17. The maximum atomic E-state index is 12.6. The minimum Gasteiger partial charge on any atom is -0.339 e. The number of carbonyl (C=O) groups excluding carboxylic acids is 1. The smallest absolute Gasteiger partial charge is 0.253 e. The molecule has 1 aliphatic carbocycles. The van der Waals surface area contributed by atoms with Crippen LogP contribution in [0.5, 0.6) is 0 Å². The van der Waals surface area contributed by atoms with E-state index in [2.05, 4.69) is 22.9 Å². The number of nitrogens with zero attached hydrogens (tertiary/aromatic N) is 1. The summed E-state index contributed by atoms with van der Waals surface area (Å²) in [6.07, 6.45) is 6.09. The van der Waals surface area contributed by atoms with Crippen molar-refractivity contribution in [2.24, 2.45) is 5.92 Å². The number of amides is 1. The van der Waals surface area contributed by atoms with Crippen LogP contribution in [0.25, 0.3) is 0 Å². The Labute approximate surface area is 130 Å². The molecule has 0 N–H and O–H groups in total. The van der Waals surface area contributed by atoms with Gasteiger partial charge >= 0.3 is 0 Å². The standard InChI is InChI=1S/C17H24BrNO/c1-4-13-5-7-16(8-6-13)19(3)17(20)14-9-12(2)10-15(18)11-14/h9-11,13,16H,4-8H2,1-3H3. The monoisotopic (exact) mass is 337 g/mol. The van der Waals surface area contributed by atoms with Crippen molar-refractivity contribution in [1.29, 1.82) is 0 Å². The molecule has 1 aromatic rings. The van der Waals surface area contributed by atoms with Crippen LogP contribution in [-0.2, 0) is 0 Å². The summed E-state index contributed by atoms with van der Waals surface area (Å²) in [4.78, 5) is 14.6. The zero-order valence-corrected chi connectivity index (χ0v) is 14.2. The highest BCUT2D eigenvalue weighted by atomic mass is 79.9. The molecule has 1 saturated carbocycles. The van der Waals surface area contributed by atoms with Gasteiger partial charge in [0.15, 0.2) is 0 Å². The molecule has 1 fully saturated rings. The van der Waals surface area contributed by atoms with E-state index >= 15 is 0 Å². The largest absolute Gasteiger partial charge is 0.339 e. The maximum Gasteiger partial charge on any atom is 0.253 e. The number of aryl methyl sites for hydroxylation is 1. The molecule has 1 aliphatic rings. The predicted molar refractivity (Wildman–Crippen MR) is 87.0 cm³/mol. The molecule has 1 amide bonds. The third-order valence-electron chi connectivity index (χ3n) is 4.55. The second-order valence-corrected chi connectivity index (χ2v) is 6.93. The average molecular weight is 338 g/mol. The lowest BCUT2D eigenvalue weighted by Crippen LogP contribution is -2.39. The van der Waals surface area contributed by atoms with Gasteiger partial charge in [0, 0.05) is 23.1 Å². The van der Waals surface area contributed by atoms with Gasteiger partial charge in [-0.3, -0.25) is 4.79 Å². The van der Waals surface area contributed by atoms with Crippen LogP contribution in [0.3, 0.4) is 0 Å². The summed E-state index contributed by atoms with van der Waals surface area (Å²) in [5.41, 5.74) is 1.91. The van der Waals surface area contributed by atoms with Crippen molar-refractivity contribution in [3.8, 4) is 0 Å². The Hall–Kier alpha value is -0.830. The zero-order chi connectivity index (χ0) is 14.7. The first-order valence-electron chi connectivity index (χ1n) is 7.55. The molecule has 0 radical (unpaired) electrons. The molecule has 0 saturated heterocycles. The molecular formula is C17H24BrNO. The van der Waals surface area contributed by atoms with E-state index in [4.69, 9.17) is 0 Å². The molecule has 3 heteroatoms. The summed E-state index contributed by atoms with van der Waals surface area (Å²) in [7, 11) is 1.95. The Kier molecular flexibility index (Phi) is 5.25. The second kappa shape index (κ2) is 6.75. The van der Waals surface area contributed by atoms with Gasteiger partial charge in [0.1, 0.15) is 0 Å². The van der Waals surface area contributed by atoms with Gasteiger partial charge in [-0.05, 0) is 62.3 Å². The Morgan fingerprint density at radius 1 is 1.25 bits per heavy atom. The molecule has 0 heterocycles. The van der Waals surface area contributed by atoms with Crippen molar-refractivity contribution in [2.45, 2.75) is 52.0 Å². The van der Waals surface area contributed by atoms with E-state index < -0.39 is 0 Å². The van der Waals surface area contributed by atoms with Crippen LogP contribution in [-0.4, -0.2) is 23.9 Å². The highest BCUT2D eigenvalue weighted by molar-refractivity contribution is 9.10. The van der Waals surface area contributed by atoms with Crippen molar-refractivity contribution in [1.82, 2.24) is 4.90 Å². The lowest BCUT2D eigenvalue weighted by atomic mass is 9.84. The molecule has 0 aliphatic heterocycles. The number of rotatable bonds is 3. The average Bonchev–Trinajstić information content (AvgIpc) is 2.45. The van der Waals surface area contributed by atoms with Crippen LogP contribution < -0.4 is 0 Å². The molecule has 20 heavy (non-hydrogen) atoms. The number of benzene rings is 1. The Morgan fingerprint density at radius 2 is 1.90 bits per heavy atom. The Balaban J connectivity index is 2.05. The molecule has 2 rings (SSSR count). The van der Waals surface area contributed by atoms with Crippen molar-refractivity contribution in [2.75, 3.05) is 7.05 Å². The van der Waals surface area contributed by atoms with Crippen LogP contribution >= 0.6 is 15.9 Å². The van der Waals surface area contributed by atoms with E-state index in [1.807, 2.05) is 37.1 Å². The topological polar surface area (TPSA) is 20.3 Å². The van der Waals surface area contributed by atoms with Gasteiger partial charge in [-0.2, -0.15) is 0 Å². The highest BCUT2D eigenvalue weighted by Gasteiger charge is 2.26. The number of hydrogen-bond acceptors (Lipinski definition) is 1. The van der Waals surface area contributed by atoms with Crippen molar-refractivity contribution < 1.29 is 4.79 Å². The fourth-order valence-corrected chi connectivity index (χ4v) is 3.78. The molecule has 2 nitrogen and oxygen atoms in total. The first-order valence-corrected chi connectivity index (χ1v) is 8.35. The Morgan fingerprint density at radius 3 is 2.45 bits per heavy atom. The molecule has 0 unspecified atom stereocenters. The second-order valence-electron chi connectivity index (χ2n) is 6.02. The maximum absolute atomic E-state index is 12.6. The van der Waals surface area contributed by atoms with Gasteiger partial charge in [-0.25, -0.2) is 0 Å². The van der Waals surface area contributed by atoms with E-state index in [0.717, 1.165) is 34.4 Å². The van der Waals surface area contributed by atoms with E-state index in [9.17, 15) is 4.79 Å². The normalized spacial score (nSPS) is 22.6. The van der Waals surface area contributed by atoms with Crippen molar-refractivity contribution in [3.63, 3.8) is 0 Å². The SMILES string of the molecule is CCC1CCC(N(C)C(=O)c2cc(C)cc(Br)c2)CC1. The molecule has 0 spiro atoms. The third kappa shape index (κ3) is 3.63. The van der Waals surface area contributed by atoms with Gasteiger partial charge < -0.3 is 4.90 Å². The summed E-state index contributed by atoms with van der Waals surface area (Å²) < 4.78 is 0.976. The van der Waals surface area contributed by atoms with Crippen LogP contribution in [0.4, 0.5) is 0 Å². The van der Waals surface area contributed by atoms with E-state index in [1.165, 1.54) is 19.3 Å². The number of halogens is 1. The lowest BCUT2D eigenvalue weighted by molar-refractivity contribution is 0.0674. The summed E-state index contributed by atoms with van der Waals surface area (Å²) in [6, 6.07) is 6.33. The van der Waals surface area contributed by atoms with Crippen molar-refractivity contribution >= 4 is 21.8 Å². The minimum absolute atomic E-state index is 0.148. The molecule has 110 valence electrons. The summed E-state index contributed by atoms with van der Waals surface area (Å²) in [6.45, 7) is 4.29. The highest BCUT2D eigenvalue weighted by Crippen LogP contribution is 2.29. The van der Waals surface area contributed by atoms with Gasteiger partial charge in [-0.15, -0.1) is 0 Å². The quantitative estimate of drug-likeness (QED) is 0.775. The lowest BCUT2D eigenvalue weighted by Gasteiger charge is -2.34. The minimum atomic E-state index is 0.148. The molecule has 0 bridgehead atoms. The summed E-state index contributed by atoms with van der Waals surface area (Å²) in [5, 5.41) is 0. The summed E-state index contributed by atoms with van der Waals surface area (Å²) in [5.74, 6) is 1.01. The van der Waals surface area contributed by atoms with E-state index in [-0.39, 0.29) is 5.91 Å². The molecule has 1 aromatic carbocycles. The molecule has 0 aromatic heterocycles. The summed E-state index contributed by atoms with van der Waals surface area (Å²) >= 11 is 3.47. The van der Waals surface area contributed by atoms with Gasteiger partial charge in [0.2, 0.25) is 0 Å². The third-order valence-corrected chi connectivity index (χ3v) is 5.01. The van der Waals surface area contributed by atoms with Crippen molar-refractivity contribution in [3.05, 3.63) is 33.8 Å². The van der Waals surface area contributed by atoms with Gasteiger partial charge in [0.25, 0.3) is 5.91 Å². The zero-order valence-electron chi connectivity index (χ0n) is 12.7.